The van der Waals surface area contributed by atoms with Crippen LogP contribution in [0.15, 0.2) is 48.5 Å². The predicted octanol–water partition coefficient (Wildman–Crippen LogP) is 1.46. The Morgan fingerprint density at radius 2 is 1.73 bits per heavy atom. The first-order chi connectivity index (χ1) is 12.6. The van der Waals surface area contributed by atoms with Gasteiger partial charge in [-0.3, -0.25) is 14.5 Å². The highest BCUT2D eigenvalue weighted by Gasteiger charge is 2.23. The number of aromatic nitrogens is 1. The highest BCUT2D eigenvalue weighted by Crippen LogP contribution is 2.08. The second-order valence-corrected chi connectivity index (χ2v) is 6.49. The van der Waals surface area contributed by atoms with Crippen LogP contribution in [0.2, 0.25) is 0 Å². The van der Waals surface area contributed by atoms with Crippen molar-refractivity contribution in [3.05, 3.63) is 65.5 Å². The number of rotatable bonds is 5. The average Bonchev–Trinajstić information content (AvgIpc) is 2.67. The fourth-order valence-corrected chi connectivity index (χ4v) is 2.99. The SMILES string of the molecule is Cc1cccc(C(=O)N2CCN(CC(=O)NCc3ccccc3)CC2)n1. The lowest BCUT2D eigenvalue weighted by atomic mass is 10.2. The van der Waals surface area contributed by atoms with Gasteiger partial charge in [0.15, 0.2) is 0 Å². The van der Waals surface area contributed by atoms with Crippen LogP contribution in [0.4, 0.5) is 0 Å². The second-order valence-electron chi connectivity index (χ2n) is 6.49. The molecule has 1 fully saturated rings. The van der Waals surface area contributed by atoms with Crippen LogP contribution < -0.4 is 5.32 Å². The lowest BCUT2D eigenvalue weighted by Gasteiger charge is -2.34. The van der Waals surface area contributed by atoms with Crippen LogP contribution in [0.1, 0.15) is 21.7 Å². The topological polar surface area (TPSA) is 65.5 Å². The molecule has 2 aromatic rings. The first kappa shape index (κ1) is 18.1. The van der Waals surface area contributed by atoms with E-state index in [2.05, 4.69) is 15.2 Å². The molecule has 0 aliphatic carbocycles. The first-order valence-electron chi connectivity index (χ1n) is 8.88. The molecular formula is C20H24N4O2. The zero-order chi connectivity index (χ0) is 18.4. The molecule has 0 spiro atoms. The van der Waals surface area contributed by atoms with Crippen molar-refractivity contribution in [2.45, 2.75) is 13.5 Å². The highest BCUT2D eigenvalue weighted by molar-refractivity contribution is 5.92. The Morgan fingerprint density at radius 3 is 2.42 bits per heavy atom. The molecule has 1 aliphatic heterocycles. The lowest BCUT2D eigenvalue weighted by molar-refractivity contribution is -0.122. The minimum Gasteiger partial charge on any atom is -0.351 e. The third kappa shape index (κ3) is 4.89. The number of aryl methyl sites for hydroxylation is 1. The van der Waals surface area contributed by atoms with Gasteiger partial charge in [0, 0.05) is 38.4 Å². The van der Waals surface area contributed by atoms with Gasteiger partial charge < -0.3 is 10.2 Å². The van der Waals surface area contributed by atoms with Gasteiger partial charge in [-0.2, -0.15) is 0 Å². The fraction of sp³-hybridized carbons (Fsp3) is 0.350. The monoisotopic (exact) mass is 352 g/mol. The third-order valence-corrected chi connectivity index (χ3v) is 4.47. The van der Waals surface area contributed by atoms with Crippen molar-refractivity contribution in [1.82, 2.24) is 20.1 Å². The fourth-order valence-electron chi connectivity index (χ4n) is 2.99. The molecule has 0 atom stereocenters. The van der Waals surface area contributed by atoms with Gasteiger partial charge in [-0.05, 0) is 24.6 Å². The molecule has 0 radical (unpaired) electrons. The summed E-state index contributed by atoms with van der Waals surface area (Å²) in [6.45, 7) is 5.38. The van der Waals surface area contributed by atoms with Gasteiger partial charge in [0.2, 0.25) is 5.91 Å². The van der Waals surface area contributed by atoms with E-state index in [1.165, 1.54) is 0 Å². The lowest BCUT2D eigenvalue weighted by Crippen LogP contribution is -2.51. The van der Waals surface area contributed by atoms with Crippen LogP contribution in [0.3, 0.4) is 0 Å². The number of nitrogens with one attached hydrogen (secondary N) is 1. The third-order valence-electron chi connectivity index (χ3n) is 4.47. The van der Waals surface area contributed by atoms with Crippen molar-refractivity contribution in [2.24, 2.45) is 0 Å². The van der Waals surface area contributed by atoms with Crippen molar-refractivity contribution >= 4 is 11.8 Å². The van der Waals surface area contributed by atoms with Crippen molar-refractivity contribution < 1.29 is 9.59 Å². The van der Waals surface area contributed by atoms with Crippen molar-refractivity contribution in [3.63, 3.8) is 0 Å². The number of hydrogen-bond donors (Lipinski definition) is 1. The summed E-state index contributed by atoms with van der Waals surface area (Å²) < 4.78 is 0. The number of piperazine rings is 1. The number of carbonyl (C=O) groups excluding carboxylic acids is 2. The predicted molar refractivity (Wildman–Crippen MR) is 99.6 cm³/mol. The molecule has 3 rings (SSSR count). The minimum absolute atomic E-state index is 0.00832. The molecule has 1 aromatic carbocycles. The minimum atomic E-state index is -0.0399. The van der Waals surface area contributed by atoms with E-state index in [0.29, 0.717) is 45.0 Å². The molecule has 2 heterocycles. The van der Waals surface area contributed by atoms with E-state index in [-0.39, 0.29) is 11.8 Å². The number of pyridine rings is 1. The Hall–Kier alpha value is -2.73. The van der Waals surface area contributed by atoms with Crippen LogP contribution in [-0.4, -0.2) is 59.3 Å². The average molecular weight is 352 g/mol. The van der Waals surface area contributed by atoms with E-state index < -0.39 is 0 Å². The molecule has 1 N–H and O–H groups in total. The van der Waals surface area contributed by atoms with Gasteiger partial charge in [0.1, 0.15) is 5.69 Å². The maximum absolute atomic E-state index is 12.5. The summed E-state index contributed by atoms with van der Waals surface area (Å²) in [5, 5.41) is 2.94. The number of benzene rings is 1. The highest BCUT2D eigenvalue weighted by atomic mass is 16.2. The molecule has 6 nitrogen and oxygen atoms in total. The van der Waals surface area contributed by atoms with Crippen LogP contribution in [0.25, 0.3) is 0 Å². The summed E-state index contributed by atoms with van der Waals surface area (Å²) >= 11 is 0. The molecule has 136 valence electrons. The quantitative estimate of drug-likeness (QED) is 0.885. The summed E-state index contributed by atoms with van der Waals surface area (Å²) in [5.41, 5.74) is 2.41. The number of nitrogens with zero attached hydrogens (tertiary/aromatic N) is 3. The molecule has 1 aliphatic rings. The number of amides is 2. The maximum atomic E-state index is 12.5. The molecule has 6 heteroatoms. The van der Waals surface area contributed by atoms with E-state index in [4.69, 9.17) is 0 Å². The van der Waals surface area contributed by atoms with E-state index >= 15 is 0 Å². The van der Waals surface area contributed by atoms with E-state index in [0.717, 1.165) is 11.3 Å². The van der Waals surface area contributed by atoms with Crippen molar-refractivity contribution in [3.8, 4) is 0 Å². The van der Waals surface area contributed by atoms with Crippen LogP contribution in [-0.2, 0) is 11.3 Å². The molecule has 1 aromatic heterocycles. The molecule has 0 unspecified atom stereocenters. The second kappa shape index (κ2) is 8.58. The molecule has 1 saturated heterocycles. The Morgan fingerprint density at radius 1 is 1.00 bits per heavy atom. The Bertz CT molecular complexity index is 755. The van der Waals surface area contributed by atoms with Crippen LogP contribution >= 0.6 is 0 Å². The van der Waals surface area contributed by atoms with Gasteiger partial charge in [-0.1, -0.05) is 36.4 Å². The summed E-state index contributed by atoms with van der Waals surface area (Å²) in [4.78, 5) is 32.8. The summed E-state index contributed by atoms with van der Waals surface area (Å²) in [6.07, 6.45) is 0. The summed E-state index contributed by atoms with van der Waals surface area (Å²) in [6, 6.07) is 15.3. The van der Waals surface area contributed by atoms with E-state index in [9.17, 15) is 9.59 Å². The van der Waals surface area contributed by atoms with Gasteiger partial charge in [-0.25, -0.2) is 4.98 Å². The van der Waals surface area contributed by atoms with Gasteiger partial charge in [-0.15, -0.1) is 0 Å². The van der Waals surface area contributed by atoms with E-state index in [1.54, 1.807) is 11.0 Å². The Balaban J connectivity index is 1.43. The maximum Gasteiger partial charge on any atom is 0.272 e. The molecular weight excluding hydrogens is 328 g/mol. The van der Waals surface area contributed by atoms with Crippen LogP contribution in [0.5, 0.6) is 0 Å². The van der Waals surface area contributed by atoms with Gasteiger partial charge in [0.25, 0.3) is 5.91 Å². The first-order valence-corrected chi connectivity index (χ1v) is 8.88. The Kier molecular flexibility index (Phi) is 5.96. The zero-order valence-corrected chi connectivity index (χ0v) is 15.0. The van der Waals surface area contributed by atoms with Gasteiger partial charge >= 0.3 is 0 Å². The smallest absolute Gasteiger partial charge is 0.272 e. The standard InChI is InChI=1S/C20H24N4O2/c1-16-6-5-9-18(22-16)20(26)24-12-10-23(11-13-24)15-19(25)21-14-17-7-3-2-4-8-17/h2-9H,10-15H2,1H3,(H,21,25). The normalized spacial score (nSPS) is 14.9. The van der Waals surface area contributed by atoms with E-state index in [1.807, 2.05) is 49.4 Å². The molecule has 0 saturated carbocycles. The molecule has 2 amide bonds. The van der Waals surface area contributed by atoms with Crippen molar-refractivity contribution in [2.75, 3.05) is 32.7 Å². The van der Waals surface area contributed by atoms with Crippen molar-refractivity contribution in [1.29, 1.82) is 0 Å². The molecule has 0 bridgehead atoms. The Labute approximate surface area is 153 Å². The summed E-state index contributed by atoms with van der Waals surface area (Å²) in [5.74, 6) is -0.0316. The molecule has 26 heavy (non-hydrogen) atoms. The largest absolute Gasteiger partial charge is 0.351 e. The van der Waals surface area contributed by atoms with Crippen LogP contribution in [0, 0.1) is 6.92 Å². The number of hydrogen-bond acceptors (Lipinski definition) is 4. The summed E-state index contributed by atoms with van der Waals surface area (Å²) in [7, 11) is 0. The van der Waals surface area contributed by atoms with Gasteiger partial charge in [0.05, 0.1) is 6.54 Å². The zero-order valence-electron chi connectivity index (χ0n) is 15.0. The number of carbonyl (C=O) groups is 2.